The maximum absolute atomic E-state index is 13.0. The van der Waals surface area contributed by atoms with Crippen molar-refractivity contribution in [1.29, 1.82) is 0 Å². The third-order valence-corrected chi connectivity index (χ3v) is 5.60. The first-order valence-corrected chi connectivity index (χ1v) is 10.00. The number of amides is 1. The van der Waals surface area contributed by atoms with Gasteiger partial charge in [-0.1, -0.05) is 24.3 Å². The predicted molar refractivity (Wildman–Crippen MR) is 113 cm³/mol. The van der Waals surface area contributed by atoms with Gasteiger partial charge in [-0.2, -0.15) is 5.10 Å². The largest absolute Gasteiger partial charge is 0.341 e. The third kappa shape index (κ3) is 3.31. The Morgan fingerprint density at radius 1 is 1.03 bits per heavy atom. The van der Waals surface area contributed by atoms with Gasteiger partial charge in [-0.05, 0) is 36.1 Å². The van der Waals surface area contributed by atoms with Gasteiger partial charge in [-0.15, -0.1) is 0 Å². The molecule has 29 heavy (non-hydrogen) atoms. The Bertz CT molecular complexity index is 1170. The smallest absolute Gasteiger partial charge is 0.257 e. The minimum atomic E-state index is 0.0943. The molecule has 146 valence electrons. The minimum absolute atomic E-state index is 0.0943. The lowest BCUT2D eigenvalue weighted by molar-refractivity contribution is 0.0794. The Kier molecular flexibility index (Phi) is 4.39. The van der Waals surface area contributed by atoms with Crippen molar-refractivity contribution in [3.05, 3.63) is 72.3 Å². The fraction of sp³-hybridized carbons (Fsp3) is 0.261. The monoisotopic (exact) mass is 385 g/mol. The van der Waals surface area contributed by atoms with Crippen LogP contribution >= 0.6 is 0 Å². The number of pyridine rings is 1. The first-order chi connectivity index (χ1) is 14.2. The molecule has 0 unspecified atom stereocenters. The summed E-state index contributed by atoms with van der Waals surface area (Å²) in [6, 6.07) is 12.5. The number of hydrogen-bond donors (Lipinski definition) is 0. The van der Waals surface area contributed by atoms with Crippen molar-refractivity contribution in [2.45, 2.75) is 19.4 Å². The molecule has 1 amide bonds. The highest BCUT2D eigenvalue weighted by molar-refractivity contribution is 6.05. The van der Waals surface area contributed by atoms with Crippen LogP contribution in [0.4, 0.5) is 0 Å². The molecule has 1 aliphatic rings. The summed E-state index contributed by atoms with van der Waals surface area (Å²) >= 11 is 0. The van der Waals surface area contributed by atoms with Crippen LogP contribution in [0.2, 0.25) is 0 Å². The van der Waals surface area contributed by atoms with Crippen LogP contribution in [0.3, 0.4) is 0 Å². The molecule has 0 saturated carbocycles. The van der Waals surface area contributed by atoms with Crippen LogP contribution in [0.5, 0.6) is 0 Å². The van der Waals surface area contributed by atoms with Gasteiger partial charge in [0.15, 0.2) is 0 Å². The van der Waals surface area contributed by atoms with E-state index in [4.69, 9.17) is 0 Å². The van der Waals surface area contributed by atoms with Crippen LogP contribution in [-0.2, 0) is 13.6 Å². The van der Waals surface area contributed by atoms with Crippen molar-refractivity contribution in [2.75, 3.05) is 13.1 Å². The molecule has 0 atom stereocenters. The number of nitrogens with zero attached hydrogens (tertiary/aromatic N) is 5. The van der Waals surface area contributed by atoms with Gasteiger partial charge in [-0.3, -0.25) is 14.5 Å². The van der Waals surface area contributed by atoms with Crippen LogP contribution in [0.25, 0.3) is 22.2 Å². The summed E-state index contributed by atoms with van der Waals surface area (Å²) in [5.74, 6) is 0.0943. The van der Waals surface area contributed by atoms with E-state index < -0.39 is 0 Å². The first kappa shape index (κ1) is 17.7. The van der Waals surface area contributed by atoms with E-state index in [0.29, 0.717) is 12.1 Å². The second kappa shape index (κ2) is 7.20. The Morgan fingerprint density at radius 3 is 2.55 bits per heavy atom. The molecule has 3 aromatic heterocycles. The Morgan fingerprint density at radius 2 is 1.83 bits per heavy atom. The molecule has 6 heteroatoms. The van der Waals surface area contributed by atoms with Gasteiger partial charge >= 0.3 is 0 Å². The van der Waals surface area contributed by atoms with Gasteiger partial charge in [0.05, 0.1) is 17.3 Å². The van der Waals surface area contributed by atoms with E-state index in [0.717, 1.165) is 48.1 Å². The van der Waals surface area contributed by atoms with E-state index in [1.165, 1.54) is 5.56 Å². The Hall–Kier alpha value is -3.41. The molecule has 1 fully saturated rings. The molecule has 0 radical (unpaired) electrons. The summed E-state index contributed by atoms with van der Waals surface area (Å²) in [6.45, 7) is 2.38. The maximum atomic E-state index is 13.0. The third-order valence-electron chi connectivity index (χ3n) is 5.60. The quantitative estimate of drug-likeness (QED) is 0.538. The number of hydrogen-bond acceptors (Lipinski definition) is 3. The highest BCUT2D eigenvalue weighted by Crippen LogP contribution is 2.24. The summed E-state index contributed by atoms with van der Waals surface area (Å²) in [4.78, 5) is 19.5. The summed E-state index contributed by atoms with van der Waals surface area (Å²) in [5, 5.41) is 4.24. The fourth-order valence-electron chi connectivity index (χ4n) is 4.07. The SMILES string of the molecule is Cn1cc(-c2ccc(Cn3cc(C(=O)N4CCCC4)c4ncccc43)cc2)cn1. The number of aromatic nitrogens is 4. The summed E-state index contributed by atoms with van der Waals surface area (Å²) in [5.41, 5.74) is 5.91. The lowest BCUT2D eigenvalue weighted by atomic mass is 10.1. The van der Waals surface area contributed by atoms with Crippen LogP contribution in [0.1, 0.15) is 28.8 Å². The van der Waals surface area contributed by atoms with Crippen molar-refractivity contribution < 1.29 is 4.79 Å². The number of benzene rings is 1. The molecule has 1 aromatic carbocycles. The fourth-order valence-corrected chi connectivity index (χ4v) is 4.07. The number of carbonyl (C=O) groups is 1. The molecule has 0 bridgehead atoms. The Labute approximate surface area is 169 Å². The van der Waals surface area contributed by atoms with Gasteiger partial charge in [0.1, 0.15) is 5.52 Å². The highest BCUT2D eigenvalue weighted by Gasteiger charge is 2.24. The van der Waals surface area contributed by atoms with Crippen molar-refractivity contribution in [1.82, 2.24) is 24.2 Å². The van der Waals surface area contributed by atoms with Gasteiger partial charge in [0.25, 0.3) is 5.91 Å². The lowest BCUT2D eigenvalue weighted by Gasteiger charge is -2.13. The van der Waals surface area contributed by atoms with E-state index in [2.05, 4.69) is 38.9 Å². The molecule has 1 saturated heterocycles. The molecule has 5 rings (SSSR count). The second-order valence-electron chi connectivity index (χ2n) is 7.64. The van der Waals surface area contributed by atoms with E-state index in [-0.39, 0.29) is 5.91 Å². The molecular formula is C23H23N5O. The number of rotatable bonds is 4. The van der Waals surface area contributed by atoms with E-state index in [9.17, 15) is 4.79 Å². The highest BCUT2D eigenvalue weighted by atomic mass is 16.2. The molecular weight excluding hydrogens is 362 g/mol. The van der Waals surface area contributed by atoms with E-state index in [1.54, 1.807) is 10.9 Å². The van der Waals surface area contributed by atoms with E-state index >= 15 is 0 Å². The van der Waals surface area contributed by atoms with Crippen molar-refractivity contribution in [3.63, 3.8) is 0 Å². The number of fused-ring (bicyclic) bond motifs is 1. The lowest BCUT2D eigenvalue weighted by Crippen LogP contribution is -2.27. The number of carbonyl (C=O) groups excluding carboxylic acids is 1. The Balaban J connectivity index is 1.45. The van der Waals surface area contributed by atoms with Gasteiger partial charge in [-0.25, -0.2) is 0 Å². The van der Waals surface area contributed by atoms with Crippen molar-refractivity contribution >= 4 is 16.9 Å². The molecule has 4 aromatic rings. The first-order valence-electron chi connectivity index (χ1n) is 10.00. The van der Waals surface area contributed by atoms with Gasteiger partial charge < -0.3 is 9.47 Å². The summed E-state index contributed by atoms with van der Waals surface area (Å²) < 4.78 is 3.94. The maximum Gasteiger partial charge on any atom is 0.257 e. The van der Waals surface area contributed by atoms with Crippen LogP contribution in [0.15, 0.2) is 61.2 Å². The molecule has 4 heterocycles. The van der Waals surface area contributed by atoms with Crippen LogP contribution in [-0.4, -0.2) is 43.2 Å². The minimum Gasteiger partial charge on any atom is -0.341 e. The molecule has 0 spiro atoms. The normalized spacial score (nSPS) is 14.0. The van der Waals surface area contributed by atoms with Crippen LogP contribution < -0.4 is 0 Å². The predicted octanol–water partition coefficient (Wildman–Crippen LogP) is 3.72. The molecule has 1 aliphatic heterocycles. The zero-order chi connectivity index (χ0) is 19.8. The zero-order valence-corrected chi connectivity index (χ0v) is 16.5. The standard InChI is InChI=1S/C23H23N5O/c1-26-15-19(13-25-26)18-8-6-17(7-9-18)14-28-16-20(22-21(28)5-4-10-24-22)23(29)27-11-2-3-12-27/h4-10,13,15-16H,2-3,11-12,14H2,1H3. The average Bonchev–Trinajstić information content (AvgIpc) is 3.49. The van der Waals surface area contributed by atoms with Crippen molar-refractivity contribution in [3.8, 4) is 11.1 Å². The summed E-state index contributed by atoms with van der Waals surface area (Å²) in [7, 11) is 1.92. The number of aryl methyl sites for hydroxylation is 1. The molecule has 0 N–H and O–H groups in total. The molecule has 6 nitrogen and oxygen atoms in total. The average molecular weight is 385 g/mol. The molecule has 0 aliphatic carbocycles. The number of likely N-dealkylation sites (tertiary alicyclic amines) is 1. The van der Waals surface area contributed by atoms with Gasteiger partial charge in [0.2, 0.25) is 0 Å². The van der Waals surface area contributed by atoms with Crippen molar-refractivity contribution in [2.24, 2.45) is 7.05 Å². The zero-order valence-electron chi connectivity index (χ0n) is 16.5. The summed E-state index contributed by atoms with van der Waals surface area (Å²) in [6.07, 6.45) is 9.78. The van der Waals surface area contributed by atoms with E-state index in [1.807, 2.05) is 42.7 Å². The van der Waals surface area contributed by atoms with Gasteiger partial charge in [0, 0.05) is 50.8 Å². The second-order valence-corrected chi connectivity index (χ2v) is 7.64. The van der Waals surface area contributed by atoms with Crippen LogP contribution in [0, 0.1) is 0 Å². The topological polar surface area (TPSA) is 56.0 Å².